The van der Waals surface area contributed by atoms with Crippen LogP contribution in [0.25, 0.3) is 22.5 Å². The molecule has 3 heterocycles. The number of aromatic amines is 1. The standard InChI is InChI=1S/C21H24N8/c1-3-7-19-23-20(29(26-19)12-4-2)13-16-11-10-15(14-22-16)17-8-5-6-9-18(17)21-24-27-28-25-21/h5-6,8-11,14H,3-4,7,12-13H2,1-2H3,(H,24,25,27,28). The van der Waals surface area contributed by atoms with Crippen LogP contribution in [0.4, 0.5) is 0 Å². The second-order valence-electron chi connectivity index (χ2n) is 6.93. The Bertz CT molecular complexity index is 1050. The van der Waals surface area contributed by atoms with Crippen LogP contribution in [0.5, 0.6) is 0 Å². The van der Waals surface area contributed by atoms with Crippen molar-refractivity contribution in [1.82, 2.24) is 40.4 Å². The summed E-state index contributed by atoms with van der Waals surface area (Å²) in [6.07, 6.45) is 5.55. The van der Waals surface area contributed by atoms with E-state index in [1.807, 2.05) is 35.1 Å². The highest BCUT2D eigenvalue weighted by atomic mass is 15.5. The maximum Gasteiger partial charge on any atom is 0.180 e. The molecule has 1 aromatic carbocycles. The van der Waals surface area contributed by atoms with Crippen molar-refractivity contribution in [2.45, 2.75) is 46.1 Å². The van der Waals surface area contributed by atoms with E-state index in [-0.39, 0.29) is 0 Å². The zero-order valence-corrected chi connectivity index (χ0v) is 16.7. The van der Waals surface area contributed by atoms with E-state index in [1.165, 1.54) is 0 Å². The maximum atomic E-state index is 4.73. The van der Waals surface area contributed by atoms with Gasteiger partial charge in [0.2, 0.25) is 0 Å². The zero-order chi connectivity index (χ0) is 20.1. The van der Waals surface area contributed by atoms with Gasteiger partial charge >= 0.3 is 0 Å². The zero-order valence-electron chi connectivity index (χ0n) is 16.7. The highest BCUT2D eigenvalue weighted by Gasteiger charge is 2.13. The second-order valence-corrected chi connectivity index (χ2v) is 6.93. The van der Waals surface area contributed by atoms with Gasteiger partial charge in [-0.2, -0.15) is 5.10 Å². The maximum absolute atomic E-state index is 4.73. The molecule has 29 heavy (non-hydrogen) atoms. The summed E-state index contributed by atoms with van der Waals surface area (Å²) in [5, 5.41) is 18.9. The summed E-state index contributed by atoms with van der Waals surface area (Å²) in [5.41, 5.74) is 3.96. The van der Waals surface area contributed by atoms with Gasteiger partial charge in [0.05, 0.1) is 0 Å². The number of aromatic nitrogens is 8. The Balaban J connectivity index is 1.59. The molecule has 0 amide bonds. The fourth-order valence-electron chi connectivity index (χ4n) is 3.34. The minimum absolute atomic E-state index is 0.640. The molecule has 8 nitrogen and oxygen atoms in total. The predicted molar refractivity (Wildman–Crippen MR) is 110 cm³/mol. The van der Waals surface area contributed by atoms with Crippen molar-refractivity contribution in [2.75, 3.05) is 0 Å². The second kappa shape index (κ2) is 8.72. The van der Waals surface area contributed by atoms with E-state index < -0.39 is 0 Å². The van der Waals surface area contributed by atoms with Crippen LogP contribution in [0, 0.1) is 0 Å². The fourth-order valence-corrected chi connectivity index (χ4v) is 3.34. The first kappa shape index (κ1) is 18.9. The van der Waals surface area contributed by atoms with Crippen LogP contribution in [-0.2, 0) is 19.4 Å². The molecule has 0 aliphatic rings. The number of benzene rings is 1. The van der Waals surface area contributed by atoms with E-state index in [2.05, 4.69) is 56.7 Å². The molecule has 3 aromatic heterocycles. The number of aryl methyl sites for hydroxylation is 2. The van der Waals surface area contributed by atoms with Crippen LogP contribution in [0.15, 0.2) is 42.6 Å². The topological polar surface area (TPSA) is 98.1 Å². The van der Waals surface area contributed by atoms with E-state index in [9.17, 15) is 0 Å². The minimum atomic E-state index is 0.640. The number of rotatable bonds is 8. The van der Waals surface area contributed by atoms with Crippen molar-refractivity contribution in [3.8, 4) is 22.5 Å². The monoisotopic (exact) mass is 388 g/mol. The van der Waals surface area contributed by atoms with Crippen molar-refractivity contribution in [2.24, 2.45) is 0 Å². The van der Waals surface area contributed by atoms with Gasteiger partial charge in [-0.05, 0) is 34.9 Å². The molecule has 0 aliphatic heterocycles. The molecule has 4 rings (SSSR count). The third-order valence-corrected chi connectivity index (χ3v) is 4.70. The van der Waals surface area contributed by atoms with E-state index in [0.29, 0.717) is 12.2 Å². The van der Waals surface area contributed by atoms with E-state index >= 15 is 0 Å². The van der Waals surface area contributed by atoms with Crippen molar-refractivity contribution < 1.29 is 0 Å². The molecule has 0 bridgehead atoms. The molecular formula is C21H24N8. The van der Waals surface area contributed by atoms with Gasteiger partial charge in [-0.3, -0.25) is 4.98 Å². The summed E-state index contributed by atoms with van der Waals surface area (Å²) in [7, 11) is 0. The quantitative estimate of drug-likeness (QED) is 0.496. The molecule has 0 radical (unpaired) electrons. The van der Waals surface area contributed by atoms with Gasteiger partial charge in [0.15, 0.2) is 11.6 Å². The average Bonchev–Trinajstić information content (AvgIpc) is 3.40. The van der Waals surface area contributed by atoms with Crippen molar-refractivity contribution >= 4 is 0 Å². The van der Waals surface area contributed by atoms with Crippen molar-refractivity contribution in [3.05, 3.63) is 59.9 Å². The lowest BCUT2D eigenvalue weighted by atomic mass is 10.0. The molecule has 0 atom stereocenters. The summed E-state index contributed by atoms with van der Waals surface area (Å²) in [6, 6.07) is 12.1. The van der Waals surface area contributed by atoms with Crippen molar-refractivity contribution in [3.63, 3.8) is 0 Å². The predicted octanol–water partition coefficient (Wildman–Crippen LogP) is 3.47. The van der Waals surface area contributed by atoms with Crippen LogP contribution in [0.3, 0.4) is 0 Å². The van der Waals surface area contributed by atoms with Gasteiger partial charge in [0.25, 0.3) is 0 Å². The van der Waals surface area contributed by atoms with Crippen LogP contribution >= 0.6 is 0 Å². The number of nitrogens with zero attached hydrogens (tertiary/aromatic N) is 7. The van der Waals surface area contributed by atoms with Crippen LogP contribution in [-0.4, -0.2) is 40.4 Å². The molecule has 0 saturated heterocycles. The van der Waals surface area contributed by atoms with Gasteiger partial charge in [-0.1, -0.05) is 44.2 Å². The lowest BCUT2D eigenvalue weighted by Gasteiger charge is -2.08. The summed E-state index contributed by atoms with van der Waals surface area (Å²) in [5.74, 6) is 2.53. The highest BCUT2D eigenvalue weighted by molar-refractivity contribution is 5.79. The Labute approximate surface area is 169 Å². The first-order chi connectivity index (χ1) is 14.3. The lowest BCUT2D eigenvalue weighted by molar-refractivity contribution is 0.569. The van der Waals surface area contributed by atoms with Crippen LogP contribution < -0.4 is 0 Å². The molecule has 0 unspecified atom stereocenters. The van der Waals surface area contributed by atoms with E-state index in [4.69, 9.17) is 4.98 Å². The Morgan fingerprint density at radius 3 is 2.55 bits per heavy atom. The minimum Gasteiger partial charge on any atom is -0.260 e. The van der Waals surface area contributed by atoms with Crippen LogP contribution in [0.2, 0.25) is 0 Å². The number of tetrazole rings is 1. The largest absolute Gasteiger partial charge is 0.260 e. The molecular weight excluding hydrogens is 364 g/mol. The number of H-pyrrole nitrogens is 1. The van der Waals surface area contributed by atoms with Gasteiger partial charge in [0, 0.05) is 42.4 Å². The average molecular weight is 388 g/mol. The number of hydrogen-bond donors (Lipinski definition) is 1. The number of nitrogens with one attached hydrogen (secondary N) is 1. The number of pyridine rings is 1. The summed E-state index contributed by atoms with van der Waals surface area (Å²) >= 11 is 0. The Kier molecular flexibility index (Phi) is 5.69. The lowest BCUT2D eigenvalue weighted by Crippen LogP contribution is -2.06. The third kappa shape index (κ3) is 4.21. The fraction of sp³-hybridized carbons (Fsp3) is 0.333. The molecule has 148 valence electrons. The number of hydrogen-bond acceptors (Lipinski definition) is 6. The first-order valence-corrected chi connectivity index (χ1v) is 9.99. The first-order valence-electron chi connectivity index (χ1n) is 9.99. The summed E-state index contributed by atoms with van der Waals surface area (Å²) in [6.45, 7) is 5.18. The molecule has 0 saturated carbocycles. The summed E-state index contributed by atoms with van der Waals surface area (Å²) < 4.78 is 2.02. The van der Waals surface area contributed by atoms with Crippen LogP contribution in [0.1, 0.15) is 44.0 Å². The Hall–Kier alpha value is -3.42. The van der Waals surface area contributed by atoms with Gasteiger partial charge < -0.3 is 0 Å². The Morgan fingerprint density at radius 1 is 1.00 bits per heavy atom. The van der Waals surface area contributed by atoms with Gasteiger partial charge in [-0.25, -0.2) is 14.8 Å². The molecule has 0 spiro atoms. The van der Waals surface area contributed by atoms with Gasteiger partial charge in [-0.15, -0.1) is 5.10 Å². The normalized spacial score (nSPS) is 11.1. The summed E-state index contributed by atoms with van der Waals surface area (Å²) in [4.78, 5) is 9.41. The smallest absolute Gasteiger partial charge is 0.180 e. The molecule has 1 N–H and O–H groups in total. The molecule has 0 fully saturated rings. The van der Waals surface area contributed by atoms with E-state index in [0.717, 1.165) is 59.8 Å². The molecule has 4 aromatic rings. The Morgan fingerprint density at radius 2 is 1.86 bits per heavy atom. The molecule has 8 heteroatoms. The third-order valence-electron chi connectivity index (χ3n) is 4.70. The van der Waals surface area contributed by atoms with Gasteiger partial charge in [0.1, 0.15) is 5.82 Å². The SMILES string of the molecule is CCCc1nc(Cc2ccc(-c3ccccc3-c3nnn[nH]3)cn2)n(CCC)n1. The van der Waals surface area contributed by atoms with E-state index in [1.54, 1.807) is 0 Å². The van der Waals surface area contributed by atoms with Crippen molar-refractivity contribution in [1.29, 1.82) is 0 Å². The molecule has 0 aliphatic carbocycles. The highest BCUT2D eigenvalue weighted by Crippen LogP contribution is 2.29.